The van der Waals surface area contributed by atoms with Crippen LogP contribution in [0.3, 0.4) is 0 Å². The summed E-state index contributed by atoms with van der Waals surface area (Å²) >= 11 is 0. The molecule has 1 aromatic rings. The summed E-state index contributed by atoms with van der Waals surface area (Å²) in [5.74, 6) is 0.339. The average molecular weight is 285 g/mol. The van der Waals surface area contributed by atoms with E-state index in [1.807, 2.05) is 7.05 Å². The molecule has 0 unspecified atom stereocenters. The lowest BCUT2D eigenvalue weighted by molar-refractivity contribution is 0.360. The van der Waals surface area contributed by atoms with Gasteiger partial charge in [0.25, 0.3) is 0 Å². The van der Waals surface area contributed by atoms with E-state index >= 15 is 0 Å². The number of nitrogens with zero attached hydrogens (tertiary/aromatic N) is 1. The van der Waals surface area contributed by atoms with Crippen molar-refractivity contribution in [3.05, 3.63) is 18.0 Å². The molecule has 108 valence electrons. The lowest BCUT2D eigenvalue weighted by Gasteiger charge is -2.23. The van der Waals surface area contributed by atoms with Crippen molar-refractivity contribution in [1.29, 1.82) is 0 Å². The molecule has 6 heteroatoms. The van der Waals surface area contributed by atoms with E-state index < -0.39 is 10.0 Å². The molecule has 5 nitrogen and oxygen atoms in total. The van der Waals surface area contributed by atoms with Gasteiger partial charge in [-0.3, -0.25) is 0 Å². The maximum atomic E-state index is 12.7. The molecule has 0 aromatic carbocycles. The van der Waals surface area contributed by atoms with E-state index in [9.17, 15) is 8.42 Å². The van der Waals surface area contributed by atoms with Crippen LogP contribution in [0.15, 0.2) is 17.2 Å². The van der Waals surface area contributed by atoms with Gasteiger partial charge in [0.15, 0.2) is 0 Å². The Morgan fingerprint density at radius 2 is 2.16 bits per heavy atom. The molecule has 1 fully saturated rings. The number of sulfonamides is 1. The maximum Gasteiger partial charge on any atom is 0.244 e. The molecule has 0 atom stereocenters. The van der Waals surface area contributed by atoms with Crippen LogP contribution in [0.2, 0.25) is 0 Å². The van der Waals surface area contributed by atoms with Crippen molar-refractivity contribution in [1.82, 2.24) is 14.6 Å². The molecule has 2 rings (SSSR count). The van der Waals surface area contributed by atoms with Crippen molar-refractivity contribution in [3.63, 3.8) is 0 Å². The first-order valence-electron chi connectivity index (χ1n) is 6.79. The van der Waals surface area contributed by atoms with Crippen LogP contribution < -0.4 is 5.32 Å². The minimum atomic E-state index is -3.36. The highest BCUT2D eigenvalue weighted by Gasteiger charge is 2.38. The second kappa shape index (κ2) is 5.64. The second-order valence-electron chi connectivity index (χ2n) is 5.59. The number of aromatic amines is 1. The maximum absolute atomic E-state index is 12.7. The number of nitrogens with one attached hydrogen (secondary N) is 2. The molecule has 0 spiro atoms. The molecule has 0 aliphatic heterocycles. The zero-order chi connectivity index (χ0) is 14.0. The Morgan fingerprint density at radius 1 is 1.47 bits per heavy atom. The summed E-state index contributed by atoms with van der Waals surface area (Å²) < 4.78 is 27.0. The topological polar surface area (TPSA) is 65.2 Å². The van der Waals surface area contributed by atoms with Crippen LogP contribution >= 0.6 is 0 Å². The molecule has 1 aliphatic carbocycles. The molecular weight excluding hydrogens is 262 g/mol. The molecular formula is C13H23N3O2S. The predicted octanol–water partition coefficient (Wildman–Crippen LogP) is 1.54. The minimum absolute atomic E-state index is 0.204. The largest absolute Gasteiger partial charge is 0.363 e. The zero-order valence-electron chi connectivity index (χ0n) is 11.8. The van der Waals surface area contributed by atoms with Crippen LogP contribution in [-0.4, -0.2) is 37.3 Å². The number of rotatable bonds is 7. The molecule has 1 aromatic heterocycles. The van der Waals surface area contributed by atoms with Gasteiger partial charge in [-0.25, -0.2) is 8.42 Å². The molecule has 1 aliphatic rings. The van der Waals surface area contributed by atoms with Crippen LogP contribution in [-0.2, 0) is 16.6 Å². The predicted molar refractivity (Wildman–Crippen MR) is 75.3 cm³/mol. The third kappa shape index (κ3) is 3.38. The van der Waals surface area contributed by atoms with E-state index in [-0.39, 0.29) is 6.04 Å². The molecule has 1 heterocycles. The van der Waals surface area contributed by atoms with E-state index in [4.69, 9.17) is 0 Å². The van der Waals surface area contributed by atoms with Crippen molar-refractivity contribution in [2.24, 2.45) is 5.92 Å². The summed E-state index contributed by atoms with van der Waals surface area (Å²) in [5.41, 5.74) is 0.890. The molecule has 0 saturated heterocycles. The van der Waals surface area contributed by atoms with Gasteiger partial charge in [-0.15, -0.1) is 0 Å². The van der Waals surface area contributed by atoms with Crippen LogP contribution in [0.4, 0.5) is 0 Å². The Morgan fingerprint density at radius 3 is 2.68 bits per heavy atom. The Hall–Kier alpha value is -0.850. The van der Waals surface area contributed by atoms with Crippen molar-refractivity contribution < 1.29 is 8.42 Å². The normalized spacial score (nSPS) is 16.5. The summed E-state index contributed by atoms with van der Waals surface area (Å²) in [6, 6.07) is 1.93. The van der Waals surface area contributed by atoms with Gasteiger partial charge >= 0.3 is 0 Å². The summed E-state index contributed by atoms with van der Waals surface area (Å²) in [4.78, 5) is 3.39. The van der Waals surface area contributed by atoms with Gasteiger partial charge in [-0.1, -0.05) is 13.8 Å². The molecule has 0 radical (unpaired) electrons. The quantitative estimate of drug-likeness (QED) is 0.799. The average Bonchev–Trinajstić information content (AvgIpc) is 3.05. The third-order valence-corrected chi connectivity index (χ3v) is 5.09. The van der Waals surface area contributed by atoms with Gasteiger partial charge in [-0.2, -0.15) is 4.31 Å². The molecule has 19 heavy (non-hydrogen) atoms. The van der Waals surface area contributed by atoms with E-state index in [0.29, 0.717) is 23.9 Å². The van der Waals surface area contributed by atoms with E-state index in [2.05, 4.69) is 24.1 Å². The smallest absolute Gasteiger partial charge is 0.244 e. The highest BCUT2D eigenvalue weighted by molar-refractivity contribution is 7.89. The number of H-pyrrole nitrogens is 1. The zero-order valence-corrected chi connectivity index (χ0v) is 12.6. The van der Waals surface area contributed by atoms with Gasteiger partial charge in [0, 0.05) is 31.0 Å². The highest BCUT2D eigenvalue weighted by Crippen LogP contribution is 2.32. The molecule has 0 bridgehead atoms. The minimum Gasteiger partial charge on any atom is -0.363 e. The fraction of sp³-hybridized carbons (Fsp3) is 0.692. The lowest BCUT2D eigenvalue weighted by Crippen LogP contribution is -2.35. The van der Waals surface area contributed by atoms with Crippen molar-refractivity contribution in [2.75, 3.05) is 13.6 Å². The van der Waals surface area contributed by atoms with Crippen LogP contribution in [0.1, 0.15) is 32.4 Å². The van der Waals surface area contributed by atoms with Gasteiger partial charge < -0.3 is 10.3 Å². The fourth-order valence-electron chi connectivity index (χ4n) is 2.16. The Bertz CT molecular complexity index is 518. The standard InChI is InChI=1S/C13H23N3O2S/c1-10(2)9-16(12-4-5-12)19(17,18)13-6-11(7-14-3)15-8-13/h6,8,10,12,14-15H,4-5,7,9H2,1-3H3. The van der Waals surface area contributed by atoms with Gasteiger partial charge in [0.05, 0.1) is 4.90 Å². The third-order valence-electron chi connectivity index (χ3n) is 3.19. The number of hydrogen-bond acceptors (Lipinski definition) is 3. The summed E-state index contributed by atoms with van der Waals surface area (Å²) in [6.45, 7) is 5.34. The second-order valence-corrected chi connectivity index (χ2v) is 7.48. The summed E-state index contributed by atoms with van der Waals surface area (Å²) in [6.07, 6.45) is 3.57. The Kier molecular flexibility index (Phi) is 4.32. The lowest BCUT2D eigenvalue weighted by atomic mass is 10.2. The first kappa shape index (κ1) is 14.6. The van der Waals surface area contributed by atoms with Crippen molar-refractivity contribution in [3.8, 4) is 0 Å². The van der Waals surface area contributed by atoms with Gasteiger partial charge in [0.2, 0.25) is 10.0 Å². The Labute approximate surface area is 115 Å². The van der Waals surface area contributed by atoms with Crippen molar-refractivity contribution >= 4 is 10.0 Å². The van der Waals surface area contributed by atoms with E-state index in [1.54, 1.807) is 16.6 Å². The van der Waals surface area contributed by atoms with Gasteiger partial charge in [0.1, 0.15) is 0 Å². The number of aromatic nitrogens is 1. The fourth-order valence-corrected chi connectivity index (χ4v) is 4.03. The first-order valence-corrected chi connectivity index (χ1v) is 8.23. The van der Waals surface area contributed by atoms with Crippen molar-refractivity contribution in [2.45, 2.75) is 44.2 Å². The summed E-state index contributed by atoms with van der Waals surface area (Å²) in [5, 5.41) is 3.01. The van der Waals surface area contributed by atoms with Gasteiger partial charge in [-0.05, 0) is 31.9 Å². The van der Waals surface area contributed by atoms with Crippen LogP contribution in [0, 0.1) is 5.92 Å². The molecule has 0 amide bonds. The molecule has 1 saturated carbocycles. The first-order chi connectivity index (χ1) is 8.95. The summed E-state index contributed by atoms with van der Waals surface area (Å²) in [7, 11) is -1.52. The van der Waals surface area contributed by atoms with Crippen LogP contribution in [0.25, 0.3) is 0 Å². The van der Waals surface area contributed by atoms with E-state index in [1.165, 1.54) is 0 Å². The van der Waals surface area contributed by atoms with Crippen LogP contribution in [0.5, 0.6) is 0 Å². The number of hydrogen-bond donors (Lipinski definition) is 2. The van der Waals surface area contributed by atoms with E-state index in [0.717, 1.165) is 18.5 Å². The monoisotopic (exact) mass is 285 g/mol. The highest BCUT2D eigenvalue weighted by atomic mass is 32.2. The molecule has 2 N–H and O–H groups in total. The SMILES string of the molecule is CNCc1cc(S(=O)(=O)N(CC(C)C)C2CC2)c[nH]1. The Balaban J connectivity index is 2.22.